The van der Waals surface area contributed by atoms with Gasteiger partial charge in [-0.15, -0.1) is 0 Å². The molecule has 0 aromatic heterocycles. The third kappa shape index (κ3) is 1.56. The van der Waals surface area contributed by atoms with Crippen molar-refractivity contribution in [2.45, 2.75) is 19.4 Å². The average molecular weight is 218 g/mol. The molecule has 4 heteroatoms. The minimum absolute atomic E-state index is 0.433. The Labute approximate surface area is 94.5 Å². The molecule has 0 bridgehead atoms. The zero-order valence-corrected chi connectivity index (χ0v) is 9.60. The van der Waals surface area contributed by atoms with E-state index in [0.717, 1.165) is 11.3 Å². The normalized spacial score (nSPS) is 25.1. The van der Waals surface area contributed by atoms with Crippen molar-refractivity contribution < 1.29 is 9.53 Å². The van der Waals surface area contributed by atoms with Crippen LogP contribution in [0.4, 0.5) is 4.79 Å². The minimum Gasteiger partial charge on any atom is -0.431 e. The summed E-state index contributed by atoms with van der Waals surface area (Å²) in [5.41, 5.74) is 0.934. The molecule has 16 heavy (non-hydrogen) atoms. The molecule has 0 radical (unpaired) electrons. The molecule has 1 aromatic rings. The molecule has 0 N–H and O–H groups in total. The first-order valence-electron chi connectivity index (χ1n) is 5.12. The molecule has 0 fully saturated rings. The first kappa shape index (κ1) is 10.7. The second-order valence-corrected chi connectivity index (χ2v) is 3.98. The fourth-order valence-electron chi connectivity index (χ4n) is 1.70. The van der Waals surface area contributed by atoms with Crippen LogP contribution in [0.1, 0.15) is 19.4 Å². The molecule has 84 valence electrons. The average Bonchev–Trinajstić information content (AvgIpc) is 2.28. The van der Waals surface area contributed by atoms with Gasteiger partial charge in [-0.05, 0) is 13.8 Å². The van der Waals surface area contributed by atoms with E-state index in [2.05, 4.69) is 5.10 Å². The number of benzene rings is 1. The van der Waals surface area contributed by atoms with Crippen molar-refractivity contribution in [2.24, 2.45) is 5.10 Å². The van der Waals surface area contributed by atoms with E-state index in [4.69, 9.17) is 4.74 Å². The van der Waals surface area contributed by atoms with Crippen molar-refractivity contribution in [3.05, 3.63) is 35.9 Å². The van der Waals surface area contributed by atoms with Crippen LogP contribution in [0.2, 0.25) is 0 Å². The van der Waals surface area contributed by atoms with Gasteiger partial charge in [-0.1, -0.05) is 30.3 Å². The second kappa shape index (κ2) is 3.63. The summed E-state index contributed by atoms with van der Waals surface area (Å²) < 4.78 is 5.44. The molecule has 1 heterocycles. The molecular formula is C12H14N2O2. The maximum Gasteiger partial charge on any atom is 0.431 e. The Kier molecular flexibility index (Phi) is 2.42. The quantitative estimate of drug-likeness (QED) is 0.726. The third-order valence-electron chi connectivity index (χ3n) is 2.87. The summed E-state index contributed by atoms with van der Waals surface area (Å²) in [6.45, 7) is 3.71. The lowest BCUT2D eigenvalue weighted by Gasteiger charge is -2.35. The van der Waals surface area contributed by atoms with E-state index in [9.17, 15) is 4.79 Å². The van der Waals surface area contributed by atoms with Gasteiger partial charge >= 0.3 is 6.09 Å². The molecule has 0 aliphatic carbocycles. The van der Waals surface area contributed by atoms with Crippen molar-refractivity contribution in [1.29, 1.82) is 0 Å². The number of ether oxygens (including phenoxy) is 1. The number of hydrogen-bond donors (Lipinski definition) is 0. The van der Waals surface area contributed by atoms with E-state index < -0.39 is 11.7 Å². The van der Waals surface area contributed by atoms with Crippen molar-refractivity contribution in [3.8, 4) is 0 Å². The van der Waals surface area contributed by atoms with Crippen LogP contribution in [0.25, 0.3) is 0 Å². The Morgan fingerprint density at radius 2 is 1.94 bits per heavy atom. The summed E-state index contributed by atoms with van der Waals surface area (Å²) in [6, 6.07) is 9.62. The molecule has 0 saturated carbocycles. The summed E-state index contributed by atoms with van der Waals surface area (Å²) in [5, 5.41) is 5.38. The van der Waals surface area contributed by atoms with E-state index in [1.807, 2.05) is 44.2 Å². The molecule has 1 unspecified atom stereocenters. The third-order valence-corrected chi connectivity index (χ3v) is 2.87. The molecule has 4 nitrogen and oxygen atoms in total. The van der Waals surface area contributed by atoms with Gasteiger partial charge in [0.25, 0.3) is 0 Å². The number of amides is 1. The van der Waals surface area contributed by atoms with E-state index in [1.165, 1.54) is 5.01 Å². The first-order valence-corrected chi connectivity index (χ1v) is 5.12. The van der Waals surface area contributed by atoms with Crippen LogP contribution < -0.4 is 0 Å². The van der Waals surface area contributed by atoms with Gasteiger partial charge in [0.2, 0.25) is 0 Å². The molecule has 1 aliphatic rings. The van der Waals surface area contributed by atoms with Crippen molar-refractivity contribution in [1.82, 2.24) is 5.01 Å². The highest BCUT2D eigenvalue weighted by atomic mass is 16.6. The zero-order valence-electron chi connectivity index (χ0n) is 9.60. The summed E-state index contributed by atoms with van der Waals surface area (Å²) in [4.78, 5) is 11.5. The standard InChI is InChI=1S/C12H14N2O2/c1-9-12(2,10-7-5-4-6-8-10)16-11(15)14(3)13-9/h4-8H,1-3H3. The lowest BCUT2D eigenvalue weighted by molar-refractivity contribution is 0.0320. The van der Waals surface area contributed by atoms with E-state index in [0.29, 0.717) is 0 Å². The smallest absolute Gasteiger partial charge is 0.431 e. The van der Waals surface area contributed by atoms with Gasteiger partial charge in [-0.25, -0.2) is 9.80 Å². The Morgan fingerprint density at radius 3 is 2.56 bits per heavy atom. The molecule has 1 aliphatic heterocycles. The van der Waals surface area contributed by atoms with Gasteiger partial charge in [0, 0.05) is 12.6 Å². The van der Waals surface area contributed by atoms with E-state index in [1.54, 1.807) is 7.05 Å². The predicted molar refractivity (Wildman–Crippen MR) is 61.1 cm³/mol. The summed E-state index contributed by atoms with van der Waals surface area (Å²) in [7, 11) is 1.58. The van der Waals surface area contributed by atoms with Crippen LogP contribution in [0.15, 0.2) is 35.4 Å². The minimum atomic E-state index is -0.759. The molecule has 1 aromatic carbocycles. The lowest BCUT2D eigenvalue weighted by Crippen LogP contribution is -2.45. The molecule has 2 rings (SSSR count). The van der Waals surface area contributed by atoms with E-state index in [-0.39, 0.29) is 0 Å². The van der Waals surface area contributed by atoms with Crippen LogP contribution >= 0.6 is 0 Å². The summed E-state index contributed by atoms with van der Waals surface area (Å²) >= 11 is 0. The van der Waals surface area contributed by atoms with Crippen LogP contribution in [0.3, 0.4) is 0 Å². The Balaban J connectivity index is 2.47. The topological polar surface area (TPSA) is 41.9 Å². The van der Waals surface area contributed by atoms with Gasteiger partial charge in [-0.3, -0.25) is 0 Å². The zero-order chi connectivity index (χ0) is 11.8. The predicted octanol–water partition coefficient (Wildman–Crippen LogP) is 2.36. The van der Waals surface area contributed by atoms with Crippen LogP contribution in [0.5, 0.6) is 0 Å². The maximum absolute atomic E-state index is 11.5. The number of hydrazone groups is 1. The van der Waals surface area contributed by atoms with Crippen molar-refractivity contribution in [3.63, 3.8) is 0 Å². The Bertz CT molecular complexity index is 442. The van der Waals surface area contributed by atoms with Gasteiger partial charge in [0.1, 0.15) is 0 Å². The van der Waals surface area contributed by atoms with E-state index >= 15 is 0 Å². The Morgan fingerprint density at radius 1 is 1.31 bits per heavy atom. The molecule has 0 saturated heterocycles. The van der Waals surface area contributed by atoms with Crippen LogP contribution in [-0.4, -0.2) is 23.9 Å². The number of carbonyl (C=O) groups excluding carboxylic acids is 1. The number of carbonyl (C=O) groups is 1. The van der Waals surface area contributed by atoms with Gasteiger partial charge in [0.15, 0.2) is 5.60 Å². The summed E-state index contributed by atoms with van der Waals surface area (Å²) in [5.74, 6) is 0. The molecule has 1 amide bonds. The second-order valence-electron chi connectivity index (χ2n) is 3.98. The SMILES string of the molecule is CC1=NN(C)C(=O)OC1(C)c1ccccc1. The lowest BCUT2D eigenvalue weighted by atomic mass is 9.91. The van der Waals surface area contributed by atoms with Crippen molar-refractivity contribution >= 4 is 11.8 Å². The maximum atomic E-state index is 11.5. The van der Waals surface area contributed by atoms with Crippen LogP contribution in [-0.2, 0) is 10.3 Å². The number of cyclic esters (lactones) is 1. The highest BCUT2D eigenvalue weighted by molar-refractivity contribution is 5.95. The van der Waals surface area contributed by atoms with Crippen LogP contribution in [0, 0.1) is 0 Å². The highest BCUT2D eigenvalue weighted by Crippen LogP contribution is 2.30. The van der Waals surface area contributed by atoms with Gasteiger partial charge in [0.05, 0.1) is 5.71 Å². The Hall–Kier alpha value is -1.84. The largest absolute Gasteiger partial charge is 0.431 e. The molecule has 0 spiro atoms. The fraction of sp³-hybridized carbons (Fsp3) is 0.333. The number of nitrogens with zero attached hydrogens (tertiary/aromatic N) is 2. The molecule has 1 atom stereocenters. The highest BCUT2D eigenvalue weighted by Gasteiger charge is 2.39. The number of hydrogen-bond acceptors (Lipinski definition) is 3. The monoisotopic (exact) mass is 218 g/mol. The van der Waals surface area contributed by atoms with Crippen molar-refractivity contribution in [2.75, 3.05) is 7.05 Å². The van der Waals surface area contributed by atoms with Gasteiger partial charge in [-0.2, -0.15) is 5.10 Å². The number of rotatable bonds is 1. The fourth-order valence-corrected chi connectivity index (χ4v) is 1.70. The summed E-state index contributed by atoms with van der Waals surface area (Å²) in [6.07, 6.45) is -0.433. The van der Waals surface area contributed by atoms with Gasteiger partial charge < -0.3 is 4.74 Å². The first-order chi connectivity index (χ1) is 7.54. The molecular weight excluding hydrogens is 204 g/mol.